The van der Waals surface area contributed by atoms with Gasteiger partial charge in [0.15, 0.2) is 0 Å². The van der Waals surface area contributed by atoms with E-state index in [4.69, 9.17) is 14.0 Å². The van der Waals surface area contributed by atoms with E-state index in [-0.39, 0.29) is 0 Å². The van der Waals surface area contributed by atoms with Crippen molar-refractivity contribution >= 4 is 12.7 Å². The van der Waals surface area contributed by atoms with Crippen LogP contribution in [-0.2, 0) is 14.0 Å². The second kappa shape index (κ2) is 7.98. The first-order valence-corrected chi connectivity index (χ1v) is 8.76. The zero-order chi connectivity index (χ0) is 18.7. The van der Waals surface area contributed by atoms with Crippen LogP contribution < -0.4 is 0 Å². The molecule has 1 heterocycles. The van der Waals surface area contributed by atoms with Gasteiger partial charge in [0.1, 0.15) is 11.5 Å². The molecule has 0 N–H and O–H groups in total. The van der Waals surface area contributed by atoms with Crippen molar-refractivity contribution in [1.29, 1.82) is 0 Å². The fourth-order valence-corrected chi connectivity index (χ4v) is 2.59. The standard InChI is InChI=1S/C19H27BF2O3/c1-6-11-23-12-10-16(14-8-7-9-15(21)13-14)17(22)20-24-18(2,3)19(4,5)25-20/h7-9,13H,6,10-12H2,1-5H3. The maximum absolute atomic E-state index is 15.2. The lowest BCUT2D eigenvalue weighted by Gasteiger charge is -2.32. The van der Waals surface area contributed by atoms with Gasteiger partial charge >= 0.3 is 7.12 Å². The average Bonchev–Trinajstić information content (AvgIpc) is 2.75. The summed E-state index contributed by atoms with van der Waals surface area (Å²) in [5.74, 6) is -0.411. The molecular weight excluding hydrogens is 325 g/mol. The Labute approximate surface area is 149 Å². The van der Waals surface area contributed by atoms with E-state index >= 15 is 4.39 Å². The Kier molecular flexibility index (Phi) is 6.41. The minimum Gasteiger partial charge on any atom is -0.398 e. The highest BCUT2D eigenvalue weighted by molar-refractivity contribution is 6.55. The summed E-state index contributed by atoms with van der Waals surface area (Å²) < 4.78 is 45.9. The van der Waals surface area contributed by atoms with E-state index in [9.17, 15) is 4.39 Å². The average molecular weight is 352 g/mol. The highest BCUT2D eigenvalue weighted by atomic mass is 19.1. The molecule has 0 saturated carbocycles. The van der Waals surface area contributed by atoms with E-state index in [1.54, 1.807) is 12.1 Å². The normalized spacial score (nSPS) is 19.9. The van der Waals surface area contributed by atoms with E-state index in [1.165, 1.54) is 12.1 Å². The lowest BCUT2D eigenvalue weighted by atomic mass is 9.82. The first-order chi connectivity index (χ1) is 11.7. The molecule has 2 rings (SSSR count). The maximum Gasteiger partial charge on any atom is 0.525 e. The van der Waals surface area contributed by atoms with Crippen LogP contribution >= 0.6 is 0 Å². The van der Waals surface area contributed by atoms with Gasteiger partial charge in [0.2, 0.25) is 0 Å². The van der Waals surface area contributed by atoms with Crippen LogP contribution in [-0.4, -0.2) is 31.5 Å². The first kappa shape index (κ1) is 20.1. The first-order valence-electron chi connectivity index (χ1n) is 8.76. The van der Waals surface area contributed by atoms with Crippen LogP contribution in [0.4, 0.5) is 8.78 Å². The predicted octanol–water partition coefficient (Wildman–Crippen LogP) is 4.95. The van der Waals surface area contributed by atoms with Crippen LogP contribution in [0.1, 0.15) is 53.0 Å². The van der Waals surface area contributed by atoms with Crippen LogP contribution in [0.2, 0.25) is 0 Å². The lowest BCUT2D eigenvalue weighted by Crippen LogP contribution is -2.41. The molecule has 0 spiro atoms. The van der Waals surface area contributed by atoms with Gasteiger partial charge in [-0.1, -0.05) is 19.1 Å². The Morgan fingerprint density at radius 3 is 2.32 bits per heavy atom. The third kappa shape index (κ3) is 4.69. The summed E-state index contributed by atoms with van der Waals surface area (Å²) in [6.45, 7) is 10.4. The van der Waals surface area contributed by atoms with Crippen molar-refractivity contribution in [3.8, 4) is 0 Å². The van der Waals surface area contributed by atoms with Crippen molar-refractivity contribution in [1.82, 2.24) is 0 Å². The smallest absolute Gasteiger partial charge is 0.398 e. The Morgan fingerprint density at radius 2 is 1.76 bits per heavy atom. The van der Waals surface area contributed by atoms with Crippen molar-refractivity contribution in [2.75, 3.05) is 13.2 Å². The number of benzene rings is 1. The minimum atomic E-state index is -1.10. The summed E-state index contributed by atoms with van der Waals surface area (Å²) in [5.41, 5.74) is -0.965. The van der Waals surface area contributed by atoms with Gasteiger partial charge in [-0.25, -0.2) is 8.78 Å². The van der Waals surface area contributed by atoms with Crippen LogP contribution in [0.25, 0.3) is 5.57 Å². The summed E-state index contributed by atoms with van der Waals surface area (Å²) >= 11 is 0. The topological polar surface area (TPSA) is 27.7 Å². The van der Waals surface area contributed by atoms with Gasteiger partial charge in [-0.15, -0.1) is 0 Å². The molecule has 1 aromatic carbocycles. The predicted molar refractivity (Wildman–Crippen MR) is 96.2 cm³/mol. The number of ether oxygens (including phenoxy) is 1. The SMILES string of the molecule is CCCOCCC(=C(F)B1OC(C)(C)C(C)(C)O1)c1cccc(F)c1. The van der Waals surface area contributed by atoms with Gasteiger partial charge < -0.3 is 14.0 Å². The molecule has 1 aromatic rings. The van der Waals surface area contributed by atoms with Gasteiger partial charge in [0.05, 0.1) is 17.8 Å². The maximum atomic E-state index is 15.2. The number of hydrogen-bond acceptors (Lipinski definition) is 3. The molecule has 0 bridgehead atoms. The van der Waals surface area contributed by atoms with Crippen molar-refractivity contribution in [3.63, 3.8) is 0 Å². The molecule has 1 saturated heterocycles. The van der Waals surface area contributed by atoms with Crippen molar-refractivity contribution < 1.29 is 22.8 Å². The molecule has 1 aliphatic heterocycles. The van der Waals surface area contributed by atoms with E-state index < -0.39 is 29.9 Å². The number of hydrogen-bond donors (Lipinski definition) is 0. The molecule has 0 aliphatic carbocycles. The van der Waals surface area contributed by atoms with E-state index in [2.05, 4.69) is 0 Å². The van der Waals surface area contributed by atoms with E-state index in [0.717, 1.165) is 6.42 Å². The van der Waals surface area contributed by atoms with Crippen LogP contribution in [0.5, 0.6) is 0 Å². The molecule has 0 amide bonds. The van der Waals surface area contributed by atoms with Gasteiger partial charge in [0, 0.05) is 6.61 Å². The molecule has 1 aliphatic rings. The summed E-state index contributed by atoms with van der Waals surface area (Å²) in [6.07, 6.45) is 1.21. The summed E-state index contributed by atoms with van der Waals surface area (Å²) in [5, 5.41) is 0. The van der Waals surface area contributed by atoms with Gasteiger partial charge in [-0.05, 0) is 63.8 Å². The second-order valence-corrected chi connectivity index (χ2v) is 7.29. The molecular formula is C19H27BF2O3. The van der Waals surface area contributed by atoms with Crippen molar-refractivity contribution in [2.45, 2.75) is 58.7 Å². The molecule has 0 unspecified atom stereocenters. The lowest BCUT2D eigenvalue weighted by molar-refractivity contribution is 0.00578. The summed E-state index contributed by atoms with van der Waals surface area (Å²) in [4.78, 5) is 0. The summed E-state index contributed by atoms with van der Waals surface area (Å²) in [7, 11) is -1.10. The third-order valence-electron chi connectivity index (χ3n) is 4.77. The Balaban J connectivity index is 2.31. The highest BCUT2D eigenvalue weighted by Gasteiger charge is 2.53. The zero-order valence-electron chi connectivity index (χ0n) is 15.7. The van der Waals surface area contributed by atoms with Crippen LogP contribution in [0, 0.1) is 5.82 Å². The van der Waals surface area contributed by atoms with Crippen molar-refractivity contribution in [3.05, 3.63) is 41.4 Å². The highest BCUT2D eigenvalue weighted by Crippen LogP contribution is 2.40. The quantitative estimate of drug-likeness (QED) is 0.513. The van der Waals surface area contributed by atoms with Crippen LogP contribution in [0.15, 0.2) is 30.0 Å². The molecule has 0 aromatic heterocycles. The Morgan fingerprint density at radius 1 is 1.12 bits per heavy atom. The van der Waals surface area contributed by atoms with Gasteiger partial charge in [-0.3, -0.25) is 0 Å². The Bertz CT molecular complexity index is 613. The summed E-state index contributed by atoms with van der Waals surface area (Å²) in [6, 6.07) is 5.90. The van der Waals surface area contributed by atoms with E-state index in [0.29, 0.717) is 30.8 Å². The van der Waals surface area contributed by atoms with Crippen LogP contribution in [0.3, 0.4) is 0 Å². The van der Waals surface area contributed by atoms with Crippen molar-refractivity contribution in [2.24, 2.45) is 0 Å². The fourth-order valence-electron chi connectivity index (χ4n) is 2.59. The molecule has 25 heavy (non-hydrogen) atoms. The van der Waals surface area contributed by atoms with Gasteiger partial charge in [-0.2, -0.15) is 0 Å². The second-order valence-electron chi connectivity index (χ2n) is 7.29. The molecule has 0 radical (unpaired) electrons. The minimum absolute atomic E-state index is 0.319. The Hall–Kier alpha value is -1.24. The largest absolute Gasteiger partial charge is 0.525 e. The monoisotopic (exact) mass is 352 g/mol. The number of rotatable bonds is 7. The zero-order valence-corrected chi connectivity index (χ0v) is 15.7. The molecule has 0 atom stereocenters. The fraction of sp³-hybridized carbons (Fsp3) is 0.579. The third-order valence-corrected chi connectivity index (χ3v) is 4.77. The molecule has 1 fully saturated rings. The van der Waals surface area contributed by atoms with Gasteiger partial charge in [0.25, 0.3) is 0 Å². The molecule has 3 nitrogen and oxygen atoms in total. The molecule has 138 valence electrons. The number of halogens is 2. The molecule has 6 heteroatoms. The van der Waals surface area contributed by atoms with E-state index in [1.807, 2.05) is 34.6 Å².